The van der Waals surface area contributed by atoms with Crippen molar-refractivity contribution in [1.82, 2.24) is 14.8 Å². The first-order valence-electron chi connectivity index (χ1n) is 9.73. The van der Waals surface area contributed by atoms with Crippen LogP contribution < -0.4 is 5.32 Å². The van der Waals surface area contributed by atoms with Crippen molar-refractivity contribution in [2.75, 3.05) is 38.0 Å². The van der Waals surface area contributed by atoms with Crippen LogP contribution in [0, 0.1) is 0 Å². The molecule has 0 radical (unpaired) electrons. The second-order valence-corrected chi connectivity index (χ2v) is 9.43. The lowest BCUT2D eigenvalue weighted by molar-refractivity contribution is 0.121. The molecular weight excluding hydrogens is 340 g/mol. The molecule has 1 aromatic carbocycles. The van der Waals surface area contributed by atoms with Gasteiger partial charge in [-0.25, -0.2) is 4.98 Å². The third-order valence-electron chi connectivity index (χ3n) is 5.37. The quantitative estimate of drug-likeness (QED) is 0.889. The zero-order chi connectivity index (χ0) is 18.1. The van der Waals surface area contributed by atoms with Crippen LogP contribution in [-0.2, 0) is 24.9 Å². The highest BCUT2D eigenvalue weighted by Gasteiger charge is 2.22. The van der Waals surface area contributed by atoms with Crippen LogP contribution in [0.25, 0.3) is 0 Å². The minimum Gasteiger partial charge on any atom is -0.384 e. The number of para-hydroxylation sites is 1. The highest BCUT2D eigenvalue weighted by atomic mass is 32.1. The van der Waals surface area contributed by atoms with E-state index < -0.39 is 0 Å². The molecule has 0 atom stereocenters. The van der Waals surface area contributed by atoms with E-state index in [-0.39, 0.29) is 5.41 Å². The molecule has 0 unspecified atom stereocenters. The van der Waals surface area contributed by atoms with Crippen LogP contribution in [0.3, 0.4) is 0 Å². The van der Waals surface area contributed by atoms with Crippen molar-refractivity contribution in [1.29, 1.82) is 0 Å². The first-order valence-corrected chi connectivity index (χ1v) is 10.6. The van der Waals surface area contributed by atoms with Gasteiger partial charge in [-0.15, -0.1) is 11.3 Å². The van der Waals surface area contributed by atoms with Gasteiger partial charge >= 0.3 is 0 Å². The van der Waals surface area contributed by atoms with Gasteiger partial charge in [0.15, 0.2) is 0 Å². The van der Waals surface area contributed by atoms with Crippen molar-refractivity contribution >= 4 is 17.0 Å². The first-order chi connectivity index (χ1) is 12.5. The number of rotatable bonds is 4. The average Bonchev–Trinajstić information content (AvgIpc) is 3.26. The van der Waals surface area contributed by atoms with Crippen LogP contribution in [-0.4, -0.2) is 47.5 Å². The molecule has 1 fully saturated rings. The number of benzene rings is 1. The zero-order valence-corrected chi connectivity index (χ0v) is 17.0. The molecule has 0 spiro atoms. The van der Waals surface area contributed by atoms with Crippen LogP contribution in [0.1, 0.15) is 42.6 Å². The summed E-state index contributed by atoms with van der Waals surface area (Å²) in [7, 11) is 0. The molecule has 2 aliphatic heterocycles. The molecule has 1 aromatic heterocycles. The van der Waals surface area contributed by atoms with Crippen LogP contribution >= 0.6 is 11.3 Å². The van der Waals surface area contributed by atoms with Gasteiger partial charge in [-0.3, -0.25) is 9.80 Å². The topological polar surface area (TPSA) is 31.4 Å². The molecule has 26 heavy (non-hydrogen) atoms. The Hall–Kier alpha value is -1.43. The van der Waals surface area contributed by atoms with Gasteiger partial charge < -0.3 is 5.32 Å². The monoisotopic (exact) mass is 370 g/mol. The molecule has 3 heterocycles. The molecule has 2 aliphatic rings. The fraction of sp³-hybridized carbons (Fsp3) is 0.571. The number of anilines is 1. The second-order valence-electron chi connectivity index (χ2n) is 8.57. The van der Waals surface area contributed by atoms with Gasteiger partial charge in [0.2, 0.25) is 0 Å². The van der Waals surface area contributed by atoms with Crippen LogP contribution in [0.4, 0.5) is 5.69 Å². The van der Waals surface area contributed by atoms with E-state index in [2.05, 4.69) is 59.5 Å². The van der Waals surface area contributed by atoms with E-state index in [1.807, 2.05) is 0 Å². The van der Waals surface area contributed by atoms with Crippen molar-refractivity contribution in [3.63, 3.8) is 0 Å². The smallest absolute Gasteiger partial charge is 0.0982 e. The molecule has 1 saturated heterocycles. The van der Waals surface area contributed by atoms with Gasteiger partial charge in [-0.1, -0.05) is 39.0 Å². The van der Waals surface area contributed by atoms with Crippen LogP contribution in [0.15, 0.2) is 23.6 Å². The molecule has 4 nitrogen and oxygen atoms in total. The molecule has 1 N–H and O–H groups in total. The van der Waals surface area contributed by atoms with Crippen molar-refractivity contribution in [2.45, 2.75) is 45.7 Å². The summed E-state index contributed by atoms with van der Waals surface area (Å²) in [6.45, 7) is 14.4. The Morgan fingerprint density at radius 3 is 2.50 bits per heavy atom. The molecular formula is C21H30N4S. The highest BCUT2D eigenvalue weighted by Crippen LogP contribution is 2.28. The predicted octanol–water partition coefficient (Wildman–Crippen LogP) is 3.73. The SMILES string of the molecule is CC(C)(C)c1nc(CN2CCN(Cc3cccc4c3NCC4)CC2)cs1. The summed E-state index contributed by atoms with van der Waals surface area (Å²) >= 11 is 1.80. The van der Waals surface area contributed by atoms with Gasteiger partial charge in [-0.2, -0.15) is 0 Å². The standard InChI is InChI=1S/C21H30N4S/c1-21(2,3)20-23-18(15-26-20)14-25-11-9-24(10-12-25)13-17-6-4-5-16-7-8-22-19(16)17/h4-6,15,22H,7-14H2,1-3H3. The van der Waals surface area contributed by atoms with Gasteiger partial charge in [0.05, 0.1) is 10.7 Å². The molecule has 140 valence electrons. The number of fused-ring (bicyclic) bond motifs is 1. The summed E-state index contributed by atoms with van der Waals surface area (Å²) < 4.78 is 0. The largest absolute Gasteiger partial charge is 0.384 e. The summed E-state index contributed by atoms with van der Waals surface area (Å²) in [6.07, 6.45) is 1.17. The lowest BCUT2D eigenvalue weighted by Gasteiger charge is -2.34. The lowest BCUT2D eigenvalue weighted by atomic mass is 9.98. The maximum atomic E-state index is 4.86. The summed E-state index contributed by atoms with van der Waals surface area (Å²) in [5.74, 6) is 0. The molecule has 4 rings (SSSR count). The Kier molecular flexibility index (Phi) is 5.04. The summed E-state index contributed by atoms with van der Waals surface area (Å²) in [6, 6.07) is 6.76. The number of piperazine rings is 1. The minimum atomic E-state index is 0.158. The summed E-state index contributed by atoms with van der Waals surface area (Å²) in [5, 5.41) is 7.06. The van der Waals surface area contributed by atoms with Crippen LogP contribution in [0.5, 0.6) is 0 Å². The fourth-order valence-corrected chi connectivity index (χ4v) is 4.74. The Labute approximate surface area is 161 Å². The third kappa shape index (κ3) is 3.95. The Morgan fingerprint density at radius 1 is 1.08 bits per heavy atom. The molecule has 0 bridgehead atoms. The van der Waals surface area contributed by atoms with Gasteiger partial charge in [0.1, 0.15) is 0 Å². The molecule has 5 heteroatoms. The number of hydrogen-bond acceptors (Lipinski definition) is 5. The number of thiazole rings is 1. The maximum absolute atomic E-state index is 4.86. The average molecular weight is 371 g/mol. The van der Waals surface area contributed by atoms with Crippen molar-refractivity contribution in [2.24, 2.45) is 0 Å². The van der Waals surface area contributed by atoms with E-state index in [1.165, 1.54) is 33.9 Å². The van der Waals surface area contributed by atoms with Crippen LogP contribution in [0.2, 0.25) is 0 Å². The maximum Gasteiger partial charge on any atom is 0.0982 e. The predicted molar refractivity (Wildman–Crippen MR) is 110 cm³/mol. The summed E-state index contributed by atoms with van der Waals surface area (Å²) in [5.41, 5.74) is 5.73. The second kappa shape index (κ2) is 7.29. The normalized spacial score (nSPS) is 18.7. The highest BCUT2D eigenvalue weighted by molar-refractivity contribution is 7.09. The van der Waals surface area contributed by atoms with E-state index in [9.17, 15) is 0 Å². The van der Waals surface area contributed by atoms with Crippen molar-refractivity contribution < 1.29 is 0 Å². The van der Waals surface area contributed by atoms with Gasteiger partial charge in [-0.05, 0) is 17.5 Å². The van der Waals surface area contributed by atoms with Gasteiger partial charge in [0.25, 0.3) is 0 Å². The number of aromatic nitrogens is 1. The van der Waals surface area contributed by atoms with E-state index >= 15 is 0 Å². The Balaban J connectivity index is 1.31. The van der Waals surface area contributed by atoms with E-state index in [1.54, 1.807) is 11.3 Å². The summed E-state index contributed by atoms with van der Waals surface area (Å²) in [4.78, 5) is 9.99. The first kappa shape index (κ1) is 18.0. The van der Waals surface area contributed by atoms with E-state index in [4.69, 9.17) is 4.98 Å². The fourth-order valence-electron chi connectivity index (χ4n) is 3.84. The van der Waals surface area contributed by atoms with E-state index in [0.29, 0.717) is 0 Å². The minimum absolute atomic E-state index is 0.158. The number of nitrogens with zero attached hydrogens (tertiary/aromatic N) is 3. The van der Waals surface area contributed by atoms with Crippen molar-refractivity contribution in [3.05, 3.63) is 45.4 Å². The molecule has 0 aliphatic carbocycles. The molecule has 0 saturated carbocycles. The van der Waals surface area contributed by atoms with E-state index in [0.717, 1.165) is 45.8 Å². The number of hydrogen-bond donors (Lipinski definition) is 1. The Bertz CT molecular complexity index is 754. The van der Waals surface area contributed by atoms with Gasteiger partial charge in [0, 0.05) is 62.3 Å². The number of nitrogens with one attached hydrogen (secondary N) is 1. The zero-order valence-electron chi connectivity index (χ0n) is 16.2. The van der Waals surface area contributed by atoms with Crippen molar-refractivity contribution in [3.8, 4) is 0 Å². The molecule has 2 aromatic rings. The Morgan fingerprint density at radius 2 is 1.81 bits per heavy atom. The lowest BCUT2D eigenvalue weighted by Crippen LogP contribution is -2.45. The molecule has 0 amide bonds. The third-order valence-corrected chi connectivity index (χ3v) is 6.69.